The maximum absolute atomic E-state index is 5.22. The molecule has 0 saturated heterocycles. The molecule has 16 heavy (non-hydrogen) atoms. The monoisotopic (exact) mass is 233 g/mol. The lowest BCUT2D eigenvalue weighted by Gasteiger charge is -2.11. The van der Waals surface area contributed by atoms with Crippen LogP contribution in [0.25, 0.3) is 0 Å². The summed E-state index contributed by atoms with van der Waals surface area (Å²) in [4.78, 5) is 1.33. The van der Waals surface area contributed by atoms with E-state index in [9.17, 15) is 0 Å². The van der Waals surface area contributed by atoms with E-state index in [1.54, 1.807) is 0 Å². The molecular weight excluding hydrogens is 214 g/mol. The van der Waals surface area contributed by atoms with Gasteiger partial charge in [-0.25, -0.2) is 0 Å². The van der Waals surface area contributed by atoms with E-state index in [1.165, 1.54) is 10.5 Å². The number of nitrogens with one attached hydrogen (secondary N) is 1. The van der Waals surface area contributed by atoms with Crippen LogP contribution in [0.2, 0.25) is 0 Å². The second-order valence-corrected chi connectivity index (χ2v) is 4.91. The summed E-state index contributed by atoms with van der Waals surface area (Å²) < 4.78 is 0. The van der Waals surface area contributed by atoms with Gasteiger partial charge >= 0.3 is 0 Å². The van der Waals surface area contributed by atoms with Crippen LogP contribution >= 0.6 is 11.8 Å². The molecule has 1 rings (SSSR count). The number of terminal acetylenes is 1. The lowest BCUT2D eigenvalue weighted by atomic mass is 10.1. The highest BCUT2D eigenvalue weighted by Crippen LogP contribution is 2.23. The molecule has 0 spiro atoms. The number of benzene rings is 1. The van der Waals surface area contributed by atoms with E-state index in [-0.39, 0.29) is 0 Å². The van der Waals surface area contributed by atoms with Crippen molar-refractivity contribution in [2.24, 2.45) is 0 Å². The van der Waals surface area contributed by atoms with E-state index in [0.29, 0.717) is 6.04 Å². The SMILES string of the molecule is C#CCCCSc1cccc(C(C)NC)c1. The van der Waals surface area contributed by atoms with Crippen LogP contribution in [-0.4, -0.2) is 12.8 Å². The van der Waals surface area contributed by atoms with Crippen LogP contribution in [0.5, 0.6) is 0 Å². The number of thioether (sulfide) groups is 1. The average molecular weight is 233 g/mol. The van der Waals surface area contributed by atoms with E-state index in [2.05, 4.69) is 42.4 Å². The summed E-state index contributed by atoms with van der Waals surface area (Å²) in [5.74, 6) is 3.77. The summed E-state index contributed by atoms with van der Waals surface area (Å²) in [6, 6.07) is 9.10. The molecule has 0 aliphatic heterocycles. The first-order valence-corrected chi connectivity index (χ1v) is 6.60. The molecule has 0 heterocycles. The largest absolute Gasteiger partial charge is 0.313 e. The van der Waals surface area contributed by atoms with Crippen molar-refractivity contribution in [3.05, 3.63) is 29.8 Å². The van der Waals surface area contributed by atoms with Gasteiger partial charge in [0.2, 0.25) is 0 Å². The molecule has 0 radical (unpaired) electrons. The topological polar surface area (TPSA) is 12.0 Å². The fourth-order valence-electron chi connectivity index (χ4n) is 1.40. The molecule has 0 aromatic heterocycles. The van der Waals surface area contributed by atoms with Crippen LogP contribution in [0, 0.1) is 12.3 Å². The van der Waals surface area contributed by atoms with Crippen molar-refractivity contribution in [1.29, 1.82) is 0 Å². The predicted molar refractivity (Wildman–Crippen MR) is 72.7 cm³/mol. The summed E-state index contributed by atoms with van der Waals surface area (Å²) in [5, 5.41) is 3.25. The van der Waals surface area contributed by atoms with Crippen molar-refractivity contribution in [2.45, 2.75) is 30.7 Å². The molecule has 1 unspecified atom stereocenters. The summed E-state index contributed by atoms with van der Waals surface area (Å²) in [6.07, 6.45) is 7.19. The Balaban J connectivity index is 2.51. The fraction of sp³-hybridized carbons (Fsp3) is 0.429. The van der Waals surface area contributed by atoms with Gasteiger partial charge in [0.1, 0.15) is 0 Å². The maximum atomic E-state index is 5.22. The summed E-state index contributed by atoms with van der Waals surface area (Å²) >= 11 is 1.88. The highest BCUT2D eigenvalue weighted by atomic mass is 32.2. The molecule has 1 aromatic carbocycles. The van der Waals surface area contributed by atoms with Crippen molar-refractivity contribution in [1.82, 2.24) is 5.32 Å². The Kier molecular flexibility index (Phi) is 6.07. The molecule has 0 bridgehead atoms. The zero-order chi connectivity index (χ0) is 11.8. The second kappa shape index (κ2) is 7.38. The highest BCUT2D eigenvalue weighted by Gasteiger charge is 2.02. The minimum absolute atomic E-state index is 0.409. The third kappa shape index (κ3) is 4.30. The third-order valence-corrected chi connectivity index (χ3v) is 3.61. The quantitative estimate of drug-likeness (QED) is 0.459. The standard InChI is InChI=1S/C14H19NS/c1-4-5-6-10-16-14-9-7-8-13(11-14)12(2)15-3/h1,7-9,11-12,15H,5-6,10H2,2-3H3. The van der Waals surface area contributed by atoms with Gasteiger partial charge in [-0.05, 0) is 43.8 Å². The van der Waals surface area contributed by atoms with Gasteiger partial charge in [-0.3, -0.25) is 0 Å². The van der Waals surface area contributed by atoms with Crippen molar-refractivity contribution >= 4 is 11.8 Å². The van der Waals surface area contributed by atoms with Crippen molar-refractivity contribution < 1.29 is 0 Å². The number of hydrogen-bond acceptors (Lipinski definition) is 2. The van der Waals surface area contributed by atoms with Gasteiger partial charge in [-0.15, -0.1) is 24.1 Å². The van der Waals surface area contributed by atoms with E-state index in [1.807, 2.05) is 18.8 Å². The van der Waals surface area contributed by atoms with Gasteiger partial charge in [0.15, 0.2) is 0 Å². The van der Waals surface area contributed by atoms with Crippen molar-refractivity contribution in [3.63, 3.8) is 0 Å². The van der Waals surface area contributed by atoms with Gasteiger partial charge in [0, 0.05) is 17.4 Å². The normalized spacial score (nSPS) is 12.1. The second-order valence-electron chi connectivity index (χ2n) is 3.74. The van der Waals surface area contributed by atoms with Crippen LogP contribution in [0.15, 0.2) is 29.2 Å². The Bertz CT molecular complexity index is 354. The van der Waals surface area contributed by atoms with Gasteiger partial charge in [0.05, 0.1) is 0 Å². The Morgan fingerprint density at radius 2 is 2.31 bits per heavy atom. The third-order valence-electron chi connectivity index (χ3n) is 2.53. The Labute approximate surface area is 103 Å². The molecular formula is C14H19NS. The van der Waals surface area contributed by atoms with Gasteiger partial charge < -0.3 is 5.32 Å². The first kappa shape index (κ1) is 13.2. The van der Waals surface area contributed by atoms with Crippen molar-refractivity contribution in [3.8, 4) is 12.3 Å². The van der Waals surface area contributed by atoms with E-state index >= 15 is 0 Å². The molecule has 1 atom stereocenters. The molecule has 1 N–H and O–H groups in total. The molecule has 0 fully saturated rings. The van der Waals surface area contributed by atoms with E-state index in [0.717, 1.165) is 18.6 Å². The minimum Gasteiger partial charge on any atom is -0.313 e. The Hall–Kier alpha value is -0.910. The number of rotatable bonds is 6. The fourth-order valence-corrected chi connectivity index (χ4v) is 2.32. The lowest BCUT2D eigenvalue weighted by Crippen LogP contribution is -2.11. The zero-order valence-electron chi connectivity index (χ0n) is 9.99. The molecule has 1 aromatic rings. The van der Waals surface area contributed by atoms with Crippen LogP contribution in [0.4, 0.5) is 0 Å². The molecule has 2 heteroatoms. The van der Waals surface area contributed by atoms with Gasteiger partial charge in [0.25, 0.3) is 0 Å². The first-order chi connectivity index (χ1) is 7.77. The highest BCUT2D eigenvalue weighted by molar-refractivity contribution is 7.99. The molecule has 86 valence electrons. The molecule has 1 nitrogen and oxygen atoms in total. The van der Waals surface area contributed by atoms with Crippen LogP contribution in [-0.2, 0) is 0 Å². The van der Waals surface area contributed by atoms with E-state index < -0.39 is 0 Å². The number of hydrogen-bond donors (Lipinski definition) is 1. The van der Waals surface area contributed by atoms with E-state index in [4.69, 9.17) is 6.42 Å². The smallest absolute Gasteiger partial charge is 0.0289 e. The van der Waals surface area contributed by atoms with Crippen LogP contribution < -0.4 is 5.32 Å². The summed E-state index contributed by atoms with van der Waals surface area (Å²) in [5.41, 5.74) is 1.34. The maximum Gasteiger partial charge on any atom is 0.0289 e. The summed E-state index contributed by atoms with van der Waals surface area (Å²) in [7, 11) is 1.98. The summed E-state index contributed by atoms with van der Waals surface area (Å²) in [6.45, 7) is 2.17. The van der Waals surface area contributed by atoms with Gasteiger partial charge in [-0.2, -0.15) is 0 Å². The Morgan fingerprint density at radius 1 is 1.50 bits per heavy atom. The van der Waals surface area contributed by atoms with Crippen molar-refractivity contribution in [2.75, 3.05) is 12.8 Å². The molecule has 0 amide bonds. The lowest BCUT2D eigenvalue weighted by molar-refractivity contribution is 0.651. The van der Waals surface area contributed by atoms with Gasteiger partial charge in [-0.1, -0.05) is 12.1 Å². The Morgan fingerprint density at radius 3 is 3.00 bits per heavy atom. The average Bonchev–Trinajstić information content (AvgIpc) is 2.34. The van der Waals surface area contributed by atoms with Crippen LogP contribution in [0.1, 0.15) is 31.4 Å². The predicted octanol–water partition coefficient (Wildman–Crippen LogP) is 3.47. The molecule has 0 aliphatic carbocycles. The van der Waals surface area contributed by atoms with Crippen LogP contribution in [0.3, 0.4) is 0 Å². The number of unbranched alkanes of at least 4 members (excludes halogenated alkanes) is 1. The molecule has 0 saturated carbocycles. The minimum atomic E-state index is 0.409. The molecule has 0 aliphatic rings. The zero-order valence-corrected chi connectivity index (χ0v) is 10.8. The first-order valence-electron chi connectivity index (χ1n) is 5.61.